The zero-order valence-electron chi connectivity index (χ0n) is 15.1. The first-order valence-electron chi connectivity index (χ1n) is 8.62. The van der Waals surface area contributed by atoms with Gasteiger partial charge in [-0.25, -0.2) is 4.79 Å². The van der Waals surface area contributed by atoms with E-state index in [1.54, 1.807) is 6.92 Å². The van der Waals surface area contributed by atoms with Crippen LogP contribution in [0.3, 0.4) is 0 Å². The van der Waals surface area contributed by atoms with Gasteiger partial charge < -0.3 is 19.3 Å². The summed E-state index contributed by atoms with van der Waals surface area (Å²) in [5, 5.41) is 10.2. The minimum Gasteiger partial charge on any atom is -0.390 e. The van der Waals surface area contributed by atoms with Gasteiger partial charge in [0.2, 0.25) is 0 Å². The fourth-order valence-electron chi connectivity index (χ4n) is 2.61. The van der Waals surface area contributed by atoms with E-state index in [0.29, 0.717) is 18.4 Å². The molecule has 9 heteroatoms. The van der Waals surface area contributed by atoms with Crippen molar-refractivity contribution in [2.45, 2.75) is 64.1 Å². The van der Waals surface area contributed by atoms with Crippen molar-refractivity contribution >= 4 is 8.38 Å². The van der Waals surface area contributed by atoms with E-state index in [1.165, 1.54) is 10.8 Å². The Morgan fingerprint density at radius 1 is 1.50 bits per heavy atom. The second-order valence-corrected chi connectivity index (χ2v) is 7.59. The Morgan fingerprint density at radius 3 is 2.88 bits per heavy atom. The maximum Gasteiger partial charge on any atom is 0.330 e. The van der Waals surface area contributed by atoms with Gasteiger partial charge in [0.1, 0.15) is 12.3 Å². The molecule has 5 atom stereocenters. The lowest BCUT2D eigenvalue weighted by atomic mass is 10.2. The van der Waals surface area contributed by atoms with E-state index in [-0.39, 0.29) is 18.7 Å². The van der Waals surface area contributed by atoms with Gasteiger partial charge in [-0.1, -0.05) is 19.8 Å². The average Bonchev–Trinajstić information content (AvgIpc) is 2.97. The minimum atomic E-state index is -1.76. The number of hydrogen-bond acceptors (Lipinski definition) is 6. The van der Waals surface area contributed by atoms with Crippen molar-refractivity contribution in [3.8, 4) is 11.8 Å². The predicted molar refractivity (Wildman–Crippen MR) is 97.8 cm³/mol. The standard InChI is InChI=1S/C17H25N2O6P/c1-4-6-7-12(5-2)26(23)24-10-14-13(20)8-15(25-14)19-9-11(3)16(21)18-17(19)22/h9,12-15,20,23H,4-5,8,10H2,1-3H3,(H,18,21,22)/t12?,13-,14?,15?,26?/m0/s1. The Hall–Kier alpha value is -1.49. The Balaban J connectivity index is 2.00. The van der Waals surface area contributed by atoms with Crippen molar-refractivity contribution in [3.63, 3.8) is 0 Å². The van der Waals surface area contributed by atoms with Crippen molar-refractivity contribution in [1.82, 2.24) is 9.55 Å². The minimum absolute atomic E-state index is 0.00125. The van der Waals surface area contributed by atoms with E-state index in [1.807, 2.05) is 13.8 Å². The quantitative estimate of drug-likeness (QED) is 0.498. The maximum atomic E-state index is 11.9. The van der Waals surface area contributed by atoms with Gasteiger partial charge in [0.05, 0.1) is 18.4 Å². The van der Waals surface area contributed by atoms with E-state index in [2.05, 4.69) is 16.8 Å². The van der Waals surface area contributed by atoms with Crippen LogP contribution in [0.15, 0.2) is 15.8 Å². The van der Waals surface area contributed by atoms with E-state index in [4.69, 9.17) is 9.26 Å². The molecule has 144 valence electrons. The summed E-state index contributed by atoms with van der Waals surface area (Å²) >= 11 is 0. The molecule has 3 N–H and O–H groups in total. The van der Waals surface area contributed by atoms with Gasteiger partial charge in [-0.05, 0) is 13.3 Å². The first-order chi connectivity index (χ1) is 12.4. The van der Waals surface area contributed by atoms with Gasteiger partial charge in [-0.15, -0.1) is 5.92 Å². The van der Waals surface area contributed by atoms with Gasteiger partial charge in [0.25, 0.3) is 5.56 Å². The summed E-state index contributed by atoms with van der Waals surface area (Å²) < 4.78 is 12.5. The Kier molecular flexibility index (Phi) is 7.56. The van der Waals surface area contributed by atoms with Crippen molar-refractivity contribution in [3.05, 3.63) is 32.6 Å². The van der Waals surface area contributed by atoms with Gasteiger partial charge in [0.15, 0.2) is 8.38 Å². The van der Waals surface area contributed by atoms with Crippen LogP contribution in [0.1, 0.15) is 44.9 Å². The summed E-state index contributed by atoms with van der Waals surface area (Å²) in [5.41, 5.74) is -0.913. The molecule has 1 fully saturated rings. The monoisotopic (exact) mass is 384 g/mol. The fraction of sp³-hybridized carbons (Fsp3) is 0.647. The number of hydrogen-bond donors (Lipinski definition) is 3. The summed E-state index contributed by atoms with van der Waals surface area (Å²) in [5.74, 6) is 5.92. The molecule has 0 bridgehead atoms. The lowest BCUT2D eigenvalue weighted by Crippen LogP contribution is -2.33. The Labute approximate surface area is 153 Å². The zero-order valence-corrected chi connectivity index (χ0v) is 16.0. The highest BCUT2D eigenvalue weighted by Gasteiger charge is 2.36. The Morgan fingerprint density at radius 2 is 2.23 bits per heavy atom. The van der Waals surface area contributed by atoms with Crippen LogP contribution in [-0.2, 0) is 9.26 Å². The normalized spacial score (nSPS) is 24.7. The number of H-pyrrole nitrogens is 1. The number of aliphatic hydroxyl groups is 1. The zero-order chi connectivity index (χ0) is 19.3. The molecule has 0 saturated carbocycles. The highest BCUT2D eigenvalue weighted by Crippen LogP contribution is 2.40. The number of aromatic nitrogens is 2. The van der Waals surface area contributed by atoms with Gasteiger partial charge in [-0.3, -0.25) is 14.3 Å². The fourth-order valence-corrected chi connectivity index (χ4v) is 3.60. The van der Waals surface area contributed by atoms with E-state index >= 15 is 0 Å². The molecule has 1 saturated heterocycles. The van der Waals surface area contributed by atoms with Crippen LogP contribution >= 0.6 is 8.38 Å². The topological polar surface area (TPSA) is 114 Å². The molecule has 1 aromatic rings. The van der Waals surface area contributed by atoms with Crippen LogP contribution in [0, 0.1) is 18.8 Å². The molecule has 0 spiro atoms. The predicted octanol–water partition coefficient (Wildman–Crippen LogP) is 1.01. The smallest absolute Gasteiger partial charge is 0.330 e. The van der Waals surface area contributed by atoms with Crippen molar-refractivity contribution < 1.29 is 19.3 Å². The van der Waals surface area contributed by atoms with Crippen LogP contribution < -0.4 is 11.2 Å². The molecule has 4 unspecified atom stereocenters. The van der Waals surface area contributed by atoms with E-state index in [9.17, 15) is 19.6 Å². The molecule has 2 rings (SSSR count). The molecule has 26 heavy (non-hydrogen) atoms. The van der Waals surface area contributed by atoms with Crippen LogP contribution in [-0.4, -0.2) is 44.0 Å². The van der Waals surface area contributed by atoms with Gasteiger partial charge in [-0.2, -0.15) is 0 Å². The summed E-state index contributed by atoms with van der Waals surface area (Å²) in [6, 6.07) is 0. The summed E-state index contributed by atoms with van der Waals surface area (Å²) in [4.78, 5) is 35.8. The molecule has 1 aliphatic rings. The highest BCUT2D eigenvalue weighted by atomic mass is 31.2. The third kappa shape index (κ3) is 5.03. The number of nitrogens with zero attached hydrogens (tertiary/aromatic N) is 1. The maximum absolute atomic E-state index is 11.9. The molecule has 8 nitrogen and oxygen atoms in total. The number of nitrogens with one attached hydrogen (secondary N) is 1. The molecule has 0 aromatic carbocycles. The Bertz CT molecular complexity index is 780. The van der Waals surface area contributed by atoms with Crippen molar-refractivity contribution in [2.75, 3.05) is 6.61 Å². The molecular weight excluding hydrogens is 359 g/mol. The largest absolute Gasteiger partial charge is 0.390 e. The van der Waals surface area contributed by atoms with E-state index in [0.717, 1.165) is 0 Å². The van der Waals surface area contributed by atoms with Crippen LogP contribution in [0.25, 0.3) is 0 Å². The van der Waals surface area contributed by atoms with Crippen molar-refractivity contribution in [1.29, 1.82) is 0 Å². The van der Waals surface area contributed by atoms with Crippen LogP contribution in [0.4, 0.5) is 0 Å². The summed E-state index contributed by atoms with van der Waals surface area (Å²) in [7, 11) is -1.76. The number of aromatic amines is 1. The first kappa shape index (κ1) is 20.8. The molecule has 1 aromatic heterocycles. The highest BCUT2D eigenvalue weighted by molar-refractivity contribution is 7.47. The third-order valence-electron chi connectivity index (χ3n) is 4.13. The molecular formula is C17H25N2O6P. The van der Waals surface area contributed by atoms with Crippen molar-refractivity contribution in [2.24, 2.45) is 0 Å². The van der Waals surface area contributed by atoms with Crippen LogP contribution in [0.5, 0.6) is 0 Å². The summed E-state index contributed by atoms with van der Waals surface area (Å²) in [6.07, 6.45) is 0.756. The second kappa shape index (κ2) is 9.45. The number of aliphatic hydroxyl groups excluding tert-OH is 1. The second-order valence-electron chi connectivity index (χ2n) is 6.11. The molecule has 1 aliphatic heterocycles. The number of rotatable bonds is 6. The first-order valence-corrected chi connectivity index (χ1v) is 9.90. The lowest BCUT2D eigenvalue weighted by molar-refractivity contribution is -0.0408. The van der Waals surface area contributed by atoms with Crippen LogP contribution in [0.2, 0.25) is 0 Å². The molecule has 0 amide bonds. The summed E-state index contributed by atoms with van der Waals surface area (Å²) in [6.45, 7) is 5.44. The SMILES string of the molecule is CCC#CC(CC)P(O)OCC1OC(n2cc(C)c(=O)[nH]c2=O)C[C@@H]1O. The van der Waals surface area contributed by atoms with Gasteiger partial charge >= 0.3 is 5.69 Å². The molecule has 2 heterocycles. The average molecular weight is 384 g/mol. The van der Waals surface area contributed by atoms with E-state index < -0.39 is 38.1 Å². The number of ether oxygens (including phenoxy) is 1. The molecule has 0 radical (unpaired) electrons. The lowest BCUT2D eigenvalue weighted by Gasteiger charge is -2.20. The third-order valence-corrected chi connectivity index (χ3v) is 5.57. The van der Waals surface area contributed by atoms with Gasteiger partial charge in [0, 0.05) is 24.6 Å². The molecule has 0 aliphatic carbocycles. The number of aryl methyl sites for hydroxylation is 1.